The molecular weight excluding hydrogens is 206 g/mol. The molecule has 1 aliphatic rings. The number of nitrogens with two attached hydrogens (primary N) is 1. The van der Waals surface area contributed by atoms with Crippen LogP contribution in [-0.4, -0.2) is 30.9 Å². The maximum atomic E-state index is 11.9. The Balaban J connectivity index is 2.47. The van der Waals surface area contributed by atoms with E-state index in [1.165, 1.54) is 0 Å². The predicted octanol–water partition coefficient (Wildman–Crippen LogP) is -0.245. The van der Waals surface area contributed by atoms with E-state index >= 15 is 0 Å². The minimum atomic E-state index is -0.494. The molecule has 0 aromatic heterocycles. The summed E-state index contributed by atoms with van der Waals surface area (Å²) < 4.78 is 0. The second-order valence-electron chi connectivity index (χ2n) is 4.40. The van der Waals surface area contributed by atoms with Crippen molar-refractivity contribution >= 4 is 11.8 Å². The maximum Gasteiger partial charge on any atom is 0.242 e. The van der Waals surface area contributed by atoms with Gasteiger partial charge in [-0.15, -0.1) is 0 Å². The second kappa shape index (κ2) is 5.84. The summed E-state index contributed by atoms with van der Waals surface area (Å²) in [4.78, 5) is 23.1. The van der Waals surface area contributed by atoms with Crippen LogP contribution in [0.25, 0.3) is 0 Å². The molecule has 5 nitrogen and oxygen atoms in total. The van der Waals surface area contributed by atoms with Crippen molar-refractivity contribution in [3.63, 3.8) is 0 Å². The van der Waals surface area contributed by atoms with Crippen LogP contribution in [0.5, 0.6) is 0 Å². The van der Waals surface area contributed by atoms with E-state index in [0.717, 1.165) is 25.7 Å². The third-order valence-corrected chi connectivity index (χ3v) is 3.15. The molecule has 0 bridgehead atoms. The van der Waals surface area contributed by atoms with Gasteiger partial charge in [-0.05, 0) is 19.8 Å². The van der Waals surface area contributed by atoms with Gasteiger partial charge in [0.25, 0.3) is 0 Å². The van der Waals surface area contributed by atoms with E-state index in [1.807, 2.05) is 0 Å². The summed E-state index contributed by atoms with van der Waals surface area (Å²) in [6, 6.07) is -0.558. The highest BCUT2D eigenvalue weighted by Gasteiger charge is 2.29. The first-order valence-electron chi connectivity index (χ1n) is 5.83. The van der Waals surface area contributed by atoms with Crippen molar-refractivity contribution in [3.8, 4) is 0 Å². The lowest BCUT2D eigenvalue weighted by Crippen LogP contribution is -2.50. The topological polar surface area (TPSA) is 84.2 Å². The summed E-state index contributed by atoms with van der Waals surface area (Å²) >= 11 is 0. The largest absolute Gasteiger partial charge is 0.357 e. The Hall–Kier alpha value is -1.10. The lowest BCUT2D eigenvalue weighted by Gasteiger charge is -2.28. The number of rotatable bonds is 3. The average molecular weight is 227 g/mol. The number of hydrogen-bond acceptors (Lipinski definition) is 3. The fourth-order valence-electron chi connectivity index (χ4n) is 2.09. The quantitative estimate of drug-likeness (QED) is 0.622. The minimum Gasteiger partial charge on any atom is -0.357 e. The molecular formula is C11H21N3O2. The van der Waals surface area contributed by atoms with E-state index in [1.54, 1.807) is 14.0 Å². The predicted molar refractivity (Wildman–Crippen MR) is 61.6 cm³/mol. The van der Waals surface area contributed by atoms with Crippen molar-refractivity contribution in [2.75, 3.05) is 7.05 Å². The molecule has 2 amide bonds. The van der Waals surface area contributed by atoms with Gasteiger partial charge in [-0.2, -0.15) is 0 Å². The van der Waals surface area contributed by atoms with Crippen LogP contribution in [0.15, 0.2) is 0 Å². The molecule has 1 rings (SSSR count). The number of amides is 2. The molecule has 0 heterocycles. The van der Waals surface area contributed by atoms with E-state index in [0.29, 0.717) is 0 Å². The molecule has 3 atom stereocenters. The summed E-state index contributed by atoms with van der Waals surface area (Å²) in [5.41, 5.74) is 5.90. The third kappa shape index (κ3) is 3.20. The van der Waals surface area contributed by atoms with Gasteiger partial charge in [0.05, 0.1) is 5.92 Å². The molecule has 0 radical (unpaired) electrons. The van der Waals surface area contributed by atoms with Gasteiger partial charge in [-0.25, -0.2) is 0 Å². The number of nitrogens with one attached hydrogen (secondary N) is 2. The highest BCUT2D eigenvalue weighted by Crippen LogP contribution is 2.23. The van der Waals surface area contributed by atoms with E-state index in [-0.39, 0.29) is 23.8 Å². The Labute approximate surface area is 96.1 Å². The standard InChI is InChI=1S/C11H21N3O2/c1-7(10(15)13-2)14-11(16)8-5-3-4-6-9(8)12/h7-9H,3-6,12H2,1-2H3,(H,13,15)(H,14,16). The smallest absolute Gasteiger partial charge is 0.242 e. The van der Waals surface area contributed by atoms with Crippen LogP contribution in [-0.2, 0) is 9.59 Å². The van der Waals surface area contributed by atoms with Crippen LogP contribution < -0.4 is 16.4 Å². The van der Waals surface area contributed by atoms with Gasteiger partial charge in [-0.3, -0.25) is 9.59 Å². The van der Waals surface area contributed by atoms with E-state index in [2.05, 4.69) is 10.6 Å². The molecule has 1 fully saturated rings. The Morgan fingerprint density at radius 1 is 1.31 bits per heavy atom. The molecule has 0 aromatic carbocycles. The average Bonchev–Trinajstić information content (AvgIpc) is 2.28. The van der Waals surface area contributed by atoms with Crippen molar-refractivity contribution in [1.82, 2.24) is 10.6 Å². The lowest BCUT2D eigenvalue weighted by atomic mass is 9.84. The minimum absolute atomic E-state index is 0.0642. The fourth-order valence-corrected chi connectivity index (χ4v) is 2.09. The van der Waals surface area contributed by atoms with Crippen LogP contribution >= 0.6 is 0 Å². The summed E-state index contributed by atoms with van der Waals surface area (Å²) in [6.07, 6.45) is 3.86. The second-order valence-corrected chi connectivity index (χ2v) is 4.40. The number of carbonyl (C=O) groups excluding carboxylic acids is 2. The first kappa shape index (κ1) is 13.0. The molecule has 16 heavy (non-hydrogen) atoms. The Kier molecular flexibility index (Phi) is 4.73. The van der Waals surface area contributed by atoms with Crippen LogP contribution in [0.2, 0.25) is 0 Å². The Morgan fingerprint density at radius 3 is 2.50 bits per heavy atom. The lowest BCUT2D eigenvalue weighted by molar-refractivity contribution is -0.131. The molecule has 1 aliphatic carbocycles. The highest BCUT2D eigenvalue weighted by molar-refractivity contribution is 5.88. The van der Waals surface area contributed by atoms with Gasteiger partial charge in [0.2, 0.25) is 11.8 Å². The molecule has 3 unspecified atom stereocenters. The van der Waals surface area contributed by atoms with Gasteiger partial charge in [-0.1, -0.05) is 12.8 Å². The maximum absolute atomic E-state index is 11.9. The first-order chi connectivity index (χ1) is 7.56. The molecule has 0 saturated heterocycles. The summed E-state index contributed by atoms with van der Waals surface area (Å²) in [5.74, 6) is -0.415. The Morgan fingerprint density at radius 2 is 1.94 bits per heavy atom. The van der Waals surface area contributed by atoms with Crippen LogP contribution in [0.3, 0.4) is 0 Å². The van der Waals surface area contributed by atoms with Gasteiger partial charge >= 0.3 is 0 Å². The summed E-state index contributed by atoms with van der Waals surface area (Å²) in [7, 11) is 1.55. The van der Waals surface area contributed by atoms with Crippen LogP contribution in [0.1, 0.15) is 32.6 Å². The molecule has 0 spiro atoms. The van der Waals surface area contributed by atoms with Crippen molar-refractivity contribution in [3.05, 3.63) is 0 Å². The zero-order valence-corrected chi connectivity index (χ0v) is 9.95. The zero-order valence-electron chi connectivity index (χ0n) is 9.95. The van der Waals surface area contributed by atoms with Crippen molar-refractivity contribution in [1.29, 1.82) is 0 Å². The highest BCUT2D eigenvalue weighted by atomic mass is 16.2. The first-order valence-corrected chi connectivity index (χ1v) is 5.83. The zero-order chi connectivity index (χ0) is 12.1. The monoisotopic (exact) mass is 227 g/mol. The van der Waals surface area contributed by atoms with E-state index in [9.17, 15) is 9.59 Å². The van der Waals surface area contributed by atoms with Crippen molar-refractivity contribution in [2.45, 2.75) is 44.7 Å². The SMILES string of the molecule is CNC(=O)C(C)NC(=O)C1CCCCC1N. The van der Waals surface area contributed by atoms with E-state index < -0.39 is 6.04 Å². The van der Waals surface area contributed by atoms with E-state index in [4.69, 9.17) is 5.73 Å². The summed E-state index contributed by atoms with van der Waals surface area (Å²) in [6.45, 7) is 1.67. The molecule has 4 N–H and O–H groups in total. The molecule has 0 aromatic rings. The molecule has 92 valence electrons. The van der Waals surface area contributed by atoms with Gasteiger partial charge in [0, 0.05) is 13.1 Å². The summed E-state index contributed by atoms with van der Waals surface area (Å²) in [5, 5.41) is 5.20. The number of likely N-dealkylation sites (N-methyl/N-ethyl adjacent to an activating group) is 1. The molecule has 0 aliphatic heterocycles. The van der Waals surface area contributed by atoms with Gasteiger partial charge in [0.1, 0.15) is 6.04 Å². The normalized spacial score (nSPS) is 26.9. The third-order valence-electron chi connectivity index (χ3n) is 3.15. The van der Waals surface area contributed by atoms with Crippen LogP contribution in [0, 0.1) is 5.92 Å². The fraction of sp³-hybridized carbons (Fsp3) is 0.818. The molecule has 5 heteroatoms. The number of carbonyl (C=O) groups is 2. The van der Waals surface area contributed by atoms with Gasteiger partial charge < -0.3 is 16.4 Å². The van der Waals surface area contributed by atoms with Gasteiger partial charge in [0.15, 0.2) is 0 Å². The molecule has 1 saturated carbocycles. The van der Waals surface area contributed by atoms with Crippen molar-refractivity contribution in [2.24, 2.45) is 11.7 Å². The van der Waals surface area contributed by atoms with Crippen LogP contribution in [0.4, 0.5) is 0 Å². The van der Waals surface area contributed by atoms with Crippen molar-refractivity contribution < 1.29 is 9.59 Å². The Bertz CT molecular complexity index is 268. The number of hydrogen-bond donors (Lipinski definition) is 3.